The van der Waals surface area contributed by atoms with E-state index in [-0.39, 0.29) is 18.2 Å². The fourth-order valence-corrected chi connectivity index (χ4v) is 4.61. The van der Waals surface area contributed by atoms with E-state index in [9.17, 15) is 0 Å². The lowest BCUT2D eigenvalue weighted by Gasteiger charge is -2.17. The number of fused-ring (bicyclic) bond motifs is 1. The number of ether oxygens (including phenoxy) is 2. The first kappa shape index (κ1) is 17.8. The molecule has 0 unspecified atom stereocenters. The molecule has 4 heterocycles. The highest BCUT2D eigenvalue weighted by atomic mass is 32.1. The smallest absolute Gasteiger partial charge is 0.223 e. The molecule has 0 radical (unpaired) electrons. The summed E-state index contributed by atoms with van der Waals surface area (Å²) in [6, 6.07) is 16.9. The van der Waals surface area contributed by atoms with Crippen LogP contribution in [-0.2, 0) is 16.0 Å². The average molecular weight is 396 g/mol. The van der Waals surface area contributed by atoms with E-state index in [1.165, 1.54) is 5.56 Å². The van der Waals surface area contributed by atoms with Crippen molar-refractivity contribution in [2.75, 3.05) is 18.5 Å². The van der Waals surface area contributed by atoms with Crippen LogP contribution < -0.4 is 10.6 Å². The molecule has 0 amide bonds. The van der Waals surface area contributed by atoms with Crippen molar-refractivity contribution in [1.82, 2.24) is 9.97 Å². The monoisotopic (exact) mass is 395 g/mol. The average Bonchev–Trinajstić information content (AvgIpc) is 3.47. The molecule has 3 aromatic rings. The van der Waals surface area contributed by atoms with Crippen LogP contribution in [0.1, 0.15) is 5.56 Å². The molecule has 3 N–H and O–H groups in total. The number of rotatable bonds is 6. The normalized spacial score (nSPS) is 26.3. The lowest BCUT2D eigenvalue weighted by Crippen LogP contribution is -2.91. The van der Waals surface area contributed by atoms with Crippen molar-refractivity contribution in [3.8, 4) is 10.6 Å². The maximum Gasteiger partial charge on any atom is 0.223 e. The zero-order valence-corrected chi connectivity index (χ0v) is 16.2. The van der Waals surface area contributed by atoms with Gasteiger partial charge in [0.15, 0.2) is 0 Å². The van der Waals surface area contributed by atoms with E-state index in [4.69, 9.17) is 9.47 Å². The molecule has 4 atom stereocenters. The maximum absolute atomic E-state index is 6.09. The van der Waals surface area contributed by atoms with E-state index < -0.39 is 0 Å². The van der Waals surface area contributed by atoms with Gasteiger partial charge in [0.05, 0.1) is 23.2 Å². The van der Waals surface area contributed by atoms with E-state index in [1.807, 2.05) is 18.2 Å². The van der Waals surface area contributed by atoms with Gasteiger partial charge in [-0.2, -0.15) is 0 Å². The number of nitrogens with one attached hydrogen (secondary N) is 1. The fraction of sp³-hybridized carbons (Fsp3) is 0.333. The minimum absolute atomic E-state index is 0.0333. The van der Waals surface area contributed by atoms with Crippen molar-refractivity contribution in [2.45, 2.75) is 30.8 Å². The van der Waals surface area contributed by atoms with Gasteiger partial charge >= 0.3 is 0 Å². The number of nitrogens with zero attached hydrogens (tertiary/aromatic N) is 2. The first-order valence-corrected chi connectivity index (χ1v) is 10.5. The molecule has 144 valence electrons. The highest BCUT2D eigenvalue weighted by Crippen LogP contribution is 2.28. The summed E-state index contributed by atoms with van der Waals surface area (Å²) in [5.74, 6) is 0.625. The van der Waals surface area contributed by atoms with E-state index in [1.54, 1.807) is 17.5 Å². The number of hydrogen-bond acceptors (Lipinski definition) is 6. The molecule has 2 saturated heterocycles. The Balaban J connectivity index is 1.21. The van der Waals surface area contributed by atoms with Crippen LogP contribution in [0.15, 0.2) is 60.1 Å². The van der Waals surface area contributed by atoms with Crippen LogP contribution in [0.25, 0.3) is 10.6 Å². The summed E-state index contributed by atoms with van der Waals surface area (Å²) in [6.07, 6.45) is 1.93. The number of hydrogen-bond donors (Lipinski definition) is 2. The molecule has 0 aliphatic carbocycles. The maximum atomic E-state index is 6.09. The van der Waals surface area contributed by atoms with Gasteiger partial charge in [-0.3, -0.25) is 0 Å². The van der Waals surface area contributed by atoms with Gasteiger partial charge in [-0.15, -0.1) is 11.3 Å². The number of anilines is 1. The van der Waals surface area contributed by atoms with Crippen LogP contribution in [-0.4, -0.2) is 47.5 Å². The molecule has 7 heteroatoms. The Kier molecular flexibility index (Phi) is 5.05. The molecule has 0 saturated carbocycles. The third-order valence-electron chi connectivity index (χ3n) is 5.33. The van der Waals surface area contributed by atoms with Crippen LogP contribution in [0, 0.1) is 0 Å². The molecule has 2 aliphatic heterocycles. The van der Waals surface area contributed by atoms with Crippen LogP contribution in [0.2, 0.25) is 0 Å². The summed E-state index contributed by atoms with van der Waals surface area (Å²) in [4.78, 5) is 10.2. The van der Waals surface area contributed by atoms with Gasteiger partial charge in [-0.05, 0) is 17.5 Å². The number of nitrogens with two attached hydrogens (primary N) is 1. The Morgan fingerprint density at radius 3 is 2.79 bits per heavy atom. The highest BCUT2D eigenvalue weighted by molar-refractivity contribution is 7.13. The van der Waals surface area contributed by atoms with Crippen LogP contribution >= 0.6 is 11.3 Å². The van der Waals surface area contributed by atoms with Crippen molar-refractivity contribution >= 4 is 17.3 Å². The SMILES string of the molecule is c1ccc(C[NH2+][C@H]2CO[C@H]3[C@@H]2OC[C@@H]3Nc2nccc(-c3cccs3)n2)cc1. The van der Waals surface area contributed by atoms with E-state index in [0.717, 1.165) is 17.1 Å². The highest BCUT2D eigenvalue weighted by Gasteiger charge is 2.49. The van der Waals surface area contributed by atoms with Crippen LogP contribution in [0.3, 0.4) is 0 Å². The number of benzene rings is 1. The number of thiophene rings is 1. The van der Waals surface area contributed by atoms with E-state index >= 15 is 0 Å². The molecule has 6 nitrogen and oxygen atoms in total. The van der Waals surface area contributed by atoms with Crippen molar-refractivity contribution in [2.24, 2.45) is 0 Å². The Bertz CT molecular complexity index is 906. The number of aromatic nitrogens is 2. The predicted octanol–water partition coefficient (Wildman–Crippen LogP) is 1.92. The van der Waals surface area contributed by atoms with Crippen LogP contribution in [0.5, 0.6) is 0 Å². The van der Waals surface area contributed by atoms with Gasteiger partial charge in [-0.1, -0.05) is 36.4 Å². The second-order valence-electron chi connectivity index (χ2n) is 7.18. The zero-order chi connectivity index (χ0) is 18.8. The summed E-state index contributed by atoms with van der Waals surface area (Å²) >= 11 is 1.68. The minimum Gasteiger partial charge on any atom is -0.367 e. The topological polar surface area (TPSA) is 72.9 Å². The summed E-state index contributed by atoms with van der Waals surface area (Å²) in [5, 5.41) is 7.81. The summed E-state index contributed by atoms with van der Waals surface area (Å²) < 4.78 is 12.2. The van der Waals surface area contributed by atoms with Gasteiger partial charge in [-0.25, -0.2) is 9.97 Å². The lowest BCUT2D eigenvalue weighted by atomic mass is 10.1. The van der Waals surface area contributed by atoms with Crippen molar-refractivity contribution in [3.05, 3.63) is 65.7 Å². The Morgan fingerprint density at radius 2 is 1.93 bits per heavy atom. The first-order valence-electron chi connectivity index (χ1n) is 9.61. The second kappa shape index (κ2) is 7.97. The van der Waals surface area contributed by atoms with Gasteiger partial charge < -0.3 is 20.1 Å². The molecule has 28 heavy (non-hydrogen) atoms. The molecule has 2 fully saturated rings. The molecule has 1 aromatic carbocycles. The lowest BCUT2D eigenvalue weighted by molar-refractivity contribution is -0.707. The van der Waals surface area contributed by atoms with E-state index in [0.29, 0.717) is 25.2 Å². The predicted molar refractivity (Wildman–Crippen MR) is 108 cm³/mol. The number of quaternary nitrogens is 1. The quantitative estimate of drug-likeness (QED) is 0.667. The standard InChI is InChI=1S/C21H22N4O2S/c1-2-5-14(6-3-1)11-23-16-12-26-20-17(13-27-19(16)20)25-21-22-9-8-15(24-21)18-7-4-10-28-18/h1-10,16-17,19-20,23H,11-13H2,(H,22,24,25)/p+1/t16-,17-,19+,20+/m0/s1. The molecular weight excluding hydrogens is 372 g/mol. The molecule has 5 rings (SSSR count). The Hall–Kier alpha value is -2.32. The fourth-order valence-electron chi connectivity index (χ4n) is 3.91. The third-order valence-corrected chi connectivity index (χ3v) is 6.23. The molecule has 2 aliphatic rings. The molecular formula is C21H23N4O2S+. The molecule has 0 bridgehead atoms. The van der Waals surface area contributed by atoms with Gasteiger partial charge in [0, 0.05) is 11.8 Å². The zero-order valence-electron chi connectivity index (χ0n) is 15.4. The Labute approximate surface area is 167 Å². The van der Waals surface area contributed by atoms with Crippen molar-refractivity contribution < 1.29 is 14.8 Å². The van der Waals surface area contributed by atoms with Crippen molar-refractivity contribution in [3.63, 3.8) is 0 Å². The first-order chi connectivity index (χ1) is 13.9. The van der Waals surface area contributed by atoms with E-state index in [2.05, 4.69) is 56.3 Å². The minimum atomic E-state index is 0.0333. The third kappa shape index (κ3) is 3.66. The second-order valence-corrected chi connectivity index (χ2v) is 8.13. The summed E-state index contributed by atoms with van der Waals surface area (Å²) in [6.45, 7) is 2.25. The van der Waals surface area contributed by atoms with Crippen molar-refractivity contribution in [1.29, 1.82) is 0 Å². The summed E-state index contributed by atoms with van der Waals surface area (Å²) in [5.41, 5.74) is 2.25. The summed E-state index contributed by atoms with van der Waals surface area (Å²) in [7, 11) is 0. The molecule has 0 spiro atoms. The Morgan fingerprint density at radius 1 is 1.04 bits per heavy atom. The van der Waals surface area contributed by atoms with Crippen LogP contribution in [0.4, 0.5) is 5.95 Å². The van der Waals surface area contributed by atoms with Gasteiger partial charge in [0.1, 0.15) is 31.4 Å². The largest absolute Gasteiger partial charge is 0.367 e. The van der Waals surface area contributed by atoms with Gasteiger partial charge in [0.25, 0.3) is 0 Å². The van der Waals surface area contributed by atoms with Gasteiger partial charge in [0.2, 0.25) is 5.95 Å². The molecule has 2 aromatic heterocycles.